The molecule has 1 rings (SSSR count). The third-order valence-corrected chi connectivity index (χ3v) is 2.76. The minimum absolute atomic E-state index is 0.607. The molecule has 0 unspecified atom stereocenters. The smallest absolute Gasteiger partial charge is 0.214 e. The Balaban J connectivity index is 3.04. The molecule has 0 amide bonds. The van der Waals surface area contributed by atoms with Crippen LogP contribution in [-0.2, 0) is 0 Å². The zero-order chi connectivity index (χ0) is 7.56. The van der Waals surface area contributed by atoms with Crippen molar-refractivity contribution in [2.45, 2.75) is 0 Å². The van der Waals surface area contributed by atoms with Crippen LogP contribution in [0, 0.1) is 0 Å². The van der Waals surface area contributed by atoms with Crippen molar-refractivity contribution in [3.8, 4) is 5.88 Å². The normalized spacial score (nSPS) is 9.50. The van der Waals surface area contributed by atoms with Gasteiger partial charge in [-0.05, 0) is 37.9 Å². The first-order chi connectivity index (χ1) is 4.74. The molecule has 0 aliphatic rings. The van der Waals surface area contributed by atoms with Crippen LogP contribution < -0.4 is 4.74 Å². The van der Waals surface area contributed by atoms with E-state index in [1.54, 1.807) is 13.2 Å². The largest absolute Gasteiger partial charge is 0.481 e. The maximum absolute atomic E-state index is 4.89. The van der Waals surface area contributed by atoms with Crippen molar-refractivity contribution in [1.29, 1.82) is 0 Å². The number of halogens is 2. The summed E-state index contributed by atoms with van der Waals surface area (Å²) >= 11 is 6.54. The van der Waals surface area contributed by atoms with Crippen LogP contribution in [0.25, 0.3) is 0 Å². The number of methoxy groups -OCH3 is 1. The van der Waals surface area contributed by atoms with E-state index in [1.165, 1.54) is 0 Å². The van der Waals surface area contributed by atoms with Gasteiger partial charge < -0.3 is 4.74 Å². The Hall–Kier alpha value is -0.0900. The molecule has 1 aromatic rings. The topological polar surface area (TPSA) is 22.1 Å². The quantitative estimate of drug-likeness (QED) is 0.729. The van der Waals surface area contributed by atoms with E-state index in [0.29, 0.717) is 5.88 Å². The van der Waals surface area contributed by atoms with Crippen LogP contribution in [0.5, 0.6) is 5.88 Å². The third kappa shape index (κ3) is 1.70. The van der Waals surface area contributed by atoms with Crippen LogP contribution >= 0.6 is 31.9 Å². The van der Waals surface area contributed by atoms with Gasteiger partial charge in [0.1, 0.15) is 4.60 Å². The molecule has 0 aliphatic carbocycles. The van der Waals surface area contributed by atoms with E-state index in [9.17, 15) is 0 Å². The molecule has 0 bridgehead atoms. The summed E-state index contributed by atoms with van der Waals surface area (Å²) in [6.07, 6.45) is 0. The number of hydrogen-bond acceptors (Lipinski definition) is 2. The number of aromatic nitrogens is 1. The molecule has 54 valence electrons. The fraction of sp³-hybridized carbons (Fsp3) is 0.167. The average molecular weight is 267 g/mol. The highest BCUT2D eigenvalue weighted by Gasteiger charge is 1.98. The standard InChI is InChI=1S/C6H5Br2NO/c1-10-5-3-2-4(7)6(8)9-5/h2-3H,1H3. The number of nitrogens with zero attached hydrogens (tertiary/aromatic N) is 1. The molecule has 2 nitrogen and oxygen atoms in total. The van der Waals surface area contributed by atoms with Crippen LogP contribution in [-0.4, -0.2) is 12.1 Å². The predicted octanol–water partition coefficient (Wildman–Crippen LogP) is 2.62. The molecule has 0 N–H and O–H groups in total. The van der Waals surface area contributed by atoms with Crippen LogP contribution in [0.4, 0.5) is 0 Å². The summed E-state index contributed by atoms with van der Waals surface area (Å²) < 4.78 is 6.57. The van der Waals surface area contributed by atoms with E-state index in [4.69, 9.17) is 4.74 Å². The van der Waals surface area contributed by atoms with Gasteiger partial charge in [0.05, 0.1) is 11.6 Å². The molecule has 0 atom stereocenters. The fourth-order valence-electron chi connectivity index (χ4n) is 0.514. The molecule has 10 heavy (non-hydrogen) atoms. The minimum Gasteiger partial charge on any atom is -0.481 e. The number of rotatable bonds is 1. The van der Waals surface area contributed by atoms with Crippen LogP contribution in [0.1, 0.15) is 0 Å². The van der Waals surface area contributed by atoms with Gasteiger partial charge in [-0.15, -0.1) is 0 Å². The van der Waals surface area contributed by atoms with Crippen molar-refractivity contribution in [1.82, 2.24) is 4.98 Å². The van der Waals surface area contributed by atoms with Gasteiger partial charge in [-0.25, -0.2) is 4.98 Å². The highest BCUT2D eigenvalue weighted by molar-refractivity contribution is 9.13. The fourth-order valence-corrected chi connectivity index (χ4v) is 1.04. The van der Waals surface area contributed by atoms with Gasteiger partial charge >= 0.3 is 0 Å². The molecule has 1 aromatic heterocycles. The van der Waals surface area contributed by atoms with Crippen molar-refractivity contribution < 1.29 is 4.74 Å². The summed E-state index contributed by atoms with van der Waals surface area (Å²) in [6, 6.07) is 3.66. The van der Waals surface area contributed by atoms with Gasteiger partial charge in [0, 0.05) is 6.07 Å². The summed E-state index contributed by atoms with van der Waals surface area (Å²) in [7, 11) is 1.59. The lowest BCUT2D eigenvalue weighted by atomic mass is 10.5. The van der Waals surface area contributed by atoms with E-state index in [0.717, 1.165) is 9.08 Å². The third-order valence-electron chi connectivity index (χ3n) is 0.987. The average Bonchev–Trinajstić information content (AvgIpc) is 1.95. The molecule has 0 spiro atoms. The zero-order valence-electron chi connectivity index (χ0n) is 5.27. The SMILES string of the molecule is COc1ccc(Br)c(Br)n1. The van der Waals surface area contributed by atoms with Crippen molar-refractivity contribution in [2.24, 2.45) is 0 Å². The highest BCUT2D eigenvalue weighted by atomic mass is 79.9. The Morgan fingerprint density at radius 2 is 2.10 bits per heavy atom. The lowest BCUT2D eigenvalue weighted by molar-refractivity contribution is 0.397. The first-order valence-corrected chi connectivity index (χ1v) is 4.18. The van der Waals surface area contributed by atoms with Gasteiger partial charge in [-0.1, -0.05) is 0 Å². The van der Waals surface area contributed by atoms with Gasteiger partial charge in [0.25, 0.3) is 0 Å². The maximum atomic E-state index is 4.89. The summed E-state index contributed by atoms with van der Waals surface area (Å²) in [6.45, 7) is 0. The van der Waals surface area contributed by atoms with E-state index in [1.807, 2.05) is 6.07 Å². The predicted molar refractivity (Wildman–Crippen MR) is 46.2 cm³/mol. The van der Waals surface area contributed by atoms with Crippen molar-refractivity contribution >= 4 is 31.9 Å². The molecule has 0 fully saturated rings. The van der Waals surface area contributed by atoms with Crippen LogP contribution in [0.15, 0.2) is 21.2 Å². The monoisotopic (exact) mass is 265 g/mol. The molecular weight excluding hydrogens is 262 g/mol. The van der Waals surface area contributed by atoms with Gasteiger partial charge in [-0.2, -0.15) is 0 Å². The van der Waals surface area contributed by atoms with E-state index >= 15 is 0 Å². The first-order valence-electron chi connectivity index (χ1n) is 2.60. The van der Waals surface area contributed by atoms with Crippen LogP contribution in [0.3, 0.4) is 0 Å². The van der Waals surface area contributed by atoms with Crippen molar-refractivity contribution in [3.05, 3.63) is 21.2 Å². The van der Waals surface area contributed by atoms with Gasteiger partial charge in [0.2, 0.25) is 5.88 Å². The number of pyridine rings is 1. The molecule has 0 aliphatic heterocycles. The second kappa shape index (κ2) is 3.34. The van der Waals surface area contributed by atoms with E-state index in [-0.39, 0.29) is 0 Å². The van der Waals surface area contributed by atoms with Crippen molar-refractivity contribution in [2.75, 3.05) is 7.11 Å². The molecular formula is C6H5Br2NO. The highest BCUT2D eigenvalue weighted by Crippen LogP contribution is 2.22. The summed E-state index contributed by atoms with van der Waals surface area (Å²) in [4.78, 5) is 4.04. The van der Waals surface area contributed by atoms with Gasteiger partial charge in [-0.3, -0.25) is 0 Å². The molecule has 0 saturated carbocycles. The molecule has 0 aromatic carbocycles. The number of ether oxygens (including phenoxy) is 1. The van der Waals surface area contributed by atoms with Gasteiger partial charge in [0.15, 0.2) is 0 Å². The second-order valence-corrected chi connectivity index (χ2v) is 3.23. The zero-order valence-corrected chi connectivity index (χ0v) is 8.44. The Morgan fingerprint density at radius 3 is 2.60 bits per heavy atom. The number of hydrogen-bond donors (Lipinski definition) is 0. The van der Waals surface area contributed by atoms with E-state index < -0.39 is 0 Å². The Labute approximate surface area is 75.9 Å². The second-order valence-electron chi connectivity index (χ2n) is 1.63. The molecule has 1 heterocycles. The van der Waals surface area contributed by atoms with Crippen LogP contribution in [0.2, 0.25) is 0 Å². The Morgan fingerprint density at radius 1 is 1.40 bits per heavy atom. The Kier molecular flexibility index (Phi) is 2.68. The first kappa shape index (κ1) is 8.01. The lowest BCUT2D eigenvalue weighted by Crippen LogP contribution is -1.86. The summed E-state index contributed by atoms with van der Waals surface area (Å²) in [5, 5.41) is 0. The van der Waals surface area contributed by atoms with Crippen molar-refractivity contribution in [3.63, 3.8) is 0 Å². The summed E-state index contributed by atoms with van der Waals surface area (Å²) in [5.41, 5.74) is 0. The molecule has 4 heteroatoms. The molecule has 0 radical (unpaired) electrons. The lowest BCUT2D eigenvalue weighted by Gasteiger charge is -1.98. The molecule has 0 saturated heterocycles. The minimum atomic E-state index is 0.607. The van der Waals surface area contributed by atoms with E-state index in [2.05, 4.69) is 36.8 Å². The summed E-state index contributed by atoms with van der Waals surface area (Å²) in [5.74, 6) is 0.607. The Bertz CT molecular complexity index is 239. The maximum Gasteiger partial charge on any atom is 0.214 e.